The smallest absolute Gasteiger partial charge is 0.272 e. The fourth-order valence-electron chi connectivity index (χ4n) is 5.40. The first-order valence-corrected chi connectivity index (χ1v) is 13.5. The second-order valence-electron chi connectivity index (χ2n) is 10.1. The zero-order valence-corrected chi connectivity index (χ0v) is 22.1. The standard InChI is InChI=1S/C34H32N4O/c1-26-17-19-30(20-18-26)38-32(25-31(35-38)27-11-5-2-6-12-27)34(39)37-23-21-36(22-24-37)33(28-13-7-3-8-14-28)29-15-9-4-10-16-29/h2-20,25,33H,21-24H2,1H3. The minimum Gasteiger partial charge on any atom is -0.335 e. The summed E-state index contributed by atoms with van der Waals surface area (Å²) in [7, 11) is 0. The van der Waals surface area contributed by atoms with Crippen molar-refractivity contribution in [2.75, 3.05) is 26.2 Å². The summed E-state index contributed by atoms with van der Waals surface area (Å²) in [6.07, 6.45) is 0. The van der Waals surface area contributed by atoms with Crippen LogP contribution in [0.3, 0.4) is 0 Å². The van der Waals surface area contributed by atoms with Crippen molar-refractivity contribution in [3.63, 3.8) is 0 Å². The van der Waals surface area contributed by atoms with Crippen LogP contribution >= 0.6 is 0 Å². The van der Waals surface area contributed by atoms with E-state index < -0.39 is 0 Å². The molecule has 1 fully saturated rings. The van der Waals surface area contributed by atoms with E-state index in [1.165, 1.54) is 16.7 Å². The largest absolute Gasteiger partial charge is 0.335 e. The quantitative estimate of drug-likeness (QED) is 0.265. The molecule has 0 N–H and O–H groups in total. The van der Waals surface area contributed by atoms with Crippen LogP contribution in [0.15, 0.2) is 121 Å². The Morgan fingerprint density at radius 3 is 1.79 bits per heavy atom. The van der Waals surface area contributed by atoms with Crippen LogP contribution in [0.2, 0.25) is 0 Å². The molecule has 39 heavy (non-hydrogen) atoms. The maximum atomic E-state index is 14.0. The van der Waals surface area contributed by atoms with Gasteiger partial charge in [-0.1, -0.05) is 109 Å². The van der Waals surface area contributed by atoms with Gasteiger partial charge in [0.15, 0.2) is 0 Å². The van der Waals surface area contributed by atoms with E-state index in [2.05, 4.69) is 84.6 Å². The van der Waals surface area contributed by atoms with Gasteiger partial charge < -0.3 is 4.90 Å². The number of piperazine rings is 1. The predicted molar refractivity (Wildman–Crippen MR) is 156 cm³/mol. The molecule has 1 saturated heterocycles. The second-order valence-corrected chi connectivity index (χ2v) is 10.1. The molecule has 5 aromatic rings. The molecule has 0 unspecified atom stereocenters. The van der Waals surface area contributed by atoms with Crippen molar-refractivity contribution in [2.45, 2.75) is 13.0 Å². The average molecular weight is 513 g/mol. The number of aromatic nitrogens is 2. The van der Waals surface area contributed by atoms with Crippen molar-refractivity contribution < 1.29 is 4.79 Å². The van der Waals surface area contributed by atoms with E-state index in [9.17, 15) is 4.79 Å². The Morgan fingerprint density at radius 1 is 0.692 bits per heavy atom. The molecule has 5 nitrogen and oxygen atoms in total. The van der Waals surface area contributed by atoms with Crippen molar-refractivity contribution in [1.29, 1.82) is 0 Å². The highest BCUT2D eigenvalue weighted by atomic mass is 16.2. The van der Waals surface area contributed by atoms with Crippen LogP contribution in [0.1, 0.15) is 33.2 Å². The van der Waals surface area contributed by atoms with Gasteiger partial charge in [0.25, 0.3) is 5.91 Å². The molecule has 5 heteroatoms. The van der Waals surface area contributed by atoms with Gasteiger partial charge in [-0.25, -0.2) is 4.68 Å². The Balaban J connectivity index is 1.27. The van der Waals surface area contributed by atoms with Crippen LogP contribution in [0.4, 0.5) is 0 Å². The molecule has 0 aliphatic carbocycles. The molecule has 0 atom stereocenters. The predicted octanol–water partition coefficient (Wildman–Crippen LogP) is 6.40. The number of carbonyl (C=O) groups is 1. The van der Waals surface area contributed by atoms with Gasteiger partial charge >= 0.3 is 0 Å². The number of amides is 1. The highest BCUT2D eigenvalue weighted by Crippen LogP contribution is 2.30. The van der Waals surface area contributed by atoms with Crippen LogP contribution in [0.25, 0.3) is 16.9 Å². The summed E-state index contributed by atoms with van der Waals surface area (Å²) in [6, 6.07) is 41.6. The molecule has 0 bridgehead atoms. The summed E-state index contributed by atoms with van der Waals surface area (Å²) < 4.78 is 1.80. The van der Waals surface area contributed by atoms with Crippen molar-refractivity contribution in [1.82, 2.24) is 19.6 Å². The fraction of sp³-hybridized carbons (Fsp3) is 0.176. The lowest BCUT2D eigenvalue weighted by Gasteiger charge is -2.39. The maximum Gasteiger partial charge on any atom is 0.272 e. The molecule has 6 rings (SSSR count). The molecular formula is C34H32N4O. The Labute approximate surface area is 229 Å². The van der Waals surface area contributed by atoms with E-state index in [0.717, 1.165) is 30.0 Å². The number of hydrogen-bond donors (Lipinski definition) is 0. The maximum absolute atomic E-state index is 14.0. The van der Waals surface area contributed by atoms with E-state index >= 15 is 0 Å². The summed E-state index contributed by atoms with van der Waals surface area (Å²) in [5.41, 5.74) is 6.99. The normalized spacial score (nSPS) is 14.1. The Morgan fingerprint density at radius 2 is 1.23 bits per heavy atom. The van der Waals surface area contributed by atoms with Crippen LogP contribution in [-0.4, -0.2) is 51.7 Å². The van der Waals surface area contributed by atoms with Crippen LogP contribution < -0.4 is 0 Å². The van der Waals surface area contributed by atoms with Gasteiger partial charge in [0.1, 0.15) is 5.69 Å². The average Bonchev–Trinajstić information content (AvgIpc) is 3.45. The first-order chi connectivity index (χ1) is 19.2. The molecule has 194 valence electrons. The highest BCUT2D eigenvalue weighted by Gasteiger charge is 2.30. The summed E-state index contributed by atoms with van der Waals surface area (Å²) >= 11 is 0. The summed E-state index contributed by atoms with van der Waals surface area (Å²) in [6.45, 7) is 4.98. The summed E-state index contributed by atoms with van der Waals surface area (Å²) in [5.74, 6) is 0.0147. The number of nitrogens with zero attached hydrogens (tertiary/aromatic N) is 4. The van der Waals surface area contributed by atoms with Gasteiger partial charge in [0.2, 0.25) is 0 Å². The Kier molecular flexibility index (Phi) is 7.07. The Bertz CT molecular complexity index is 1480. The zero-order chi connectivity index (χ0) is 26.6. The van der Waals surface area contributed by atoms with E-state index in [1.54, 1.807) is 4.68 Å². The minimum atomic E-state index is 0.0147. The second kappa shape index (κ2) is 11.1. The lowest BCUT2D eigenvalue weighted by molar-refractivity contribution is 0.0589. The summed E-state index contributed by atoms with van der Waals surface area (Å²) in [5, 5.41) is 4.88. The Hall–Kier alpha value is -4.48. The summed E-state index contributed by atoms with van der Waals surface area (Å²) in [4.78, 5) is 18.4. The van der Waals surface area contributed by atoms with Crippen LogP contribution in [0.5, 0.6) is 0 Å². The highest BCUT2D eigenvalue weighted by molar-refractivity contribution is 5.94. The van der Waals surface area contributed by atoms with Crippen molar-refractivity contribution >= 4 is 5.91 Å². The molecule has 4 aromatic carbocycles. The molecule has 2 heterocycles. The molecule has 1 aliphatic heterocycles. The topological polar surface area (TPSA) is 41.4 Å². The number of aryl methyl sites for hydroxylation is 1. The molecule has 0 saturated carbocycles. The zero-order valence-electron chi connectivity index (χ0n) is 22.1. The van der Waals surface area contributed by atoms with Crippen molar-refractivity contribution in [3.8, 4) is 16.9 Å². The number of rotatable bonds is 6. The van der Waals surface area contributed by atoms with Crippen LogP contribution in [-0.2, 0) is 0 Å². The van der Waals surface area contributed by atoms with Crippen molar-refractivity contribution in [2.24, 2.45) is 0 Å². The van der Waals surface area contributed by atoms with E-state index in [-0.39, 0.29) is 11.9 Å². The van der Waals surface area contributed by atoms with Crippen molar-refractivity contribution in [3.05, 3.63) is 144 Å². The molecular weight excluding hydrogens is 480 g/mol. The number of hydrogen-bond acceptors (Lipinski definition) is 3. The van der Waals surface area contributed by atoms with E-state index in [1.807, 2.05) is 53.4 Å². The minimum absolute atomic E-state index is 0.0147. The van der Waals surface area contributed by atoms with Gasteiger partial charge in [-0.2, -0.15) is 5.10 Å². The van der Waals surface area contributed by atoms with Gasteiger partial charge in [0.05, 0.1) is 17.4 Å². The number of benzene rings is 4. The third kappa shape index (κ3) is 5.27. The third-order valence-corrected chi connectivity index (χ3v) is 7.47. The molecule has 0 radical (unpaired) electrons. The van der Waals surface area contributed by atoms with Gasteiger partial charge in [0, 0.05) is 31.7 Å². The first kappa shape index (κ1) is 24.8. The lowest BCUT2D eigenvalue weighted by Crippen LogP contribution is -2.50. The molecule has 1 aliphatic rings. The monoisotopic (exact) mass is 512 g/mol. The van der Waals surface area contributed by atoms with Crippen LogP contribution in [0, 0.1) is 6.92 Å². The fourth-order valence-corrected chi connectivity index (χ4v) is 5.40. The molecule has 1 aromatic heterocycles. The SMILES string of the molecule is Cc1ccc(-n2nc(-c3ccccc3)cc2C(=O)N2CCN(C(c3ccccc3)c3ccccc3)CC2)cc1. The van der Waals surface area contributed by atoms with E-state index in [4.69, 9.17) is 5.10 Å². The van der Waals surface area contributed by atoms with Gasteiger partial charge in [-0.3, -0.25) is 9.69 Å². The third-order valence-electron chi connectivity index (χ3n) is 7.47. The number of carbonyl (C=O) groups excluding carboxylic acids is 1. The first-order valence-electron chi connectivity index (χ1n) is 13.5. The van der Waals surface area contributed by atoms with Gasteiger partial charge in [-0.15, -0.1) is 0 Å². The molecule has 0 spiro atoms. The van der Waals surface area contributed by atoms with E-state index in [0.29, 0.717) is 18.8 Å². The molecule has 1 amide bonds. The van der Waals surface area contributed by atoms with Gasteiger partial charge in [-0.05, 0) is 36.2 Å². The lowest BCUT2D eigenvalue weighted by atomic mass is 9.96.